The van der Waals surface area contributed by atoms with Crippen LogP contribution in [-0.2, 0) is 37.3 Å². The molecule has 0 saturated carbocycles. The third-order valence-corrected chi connectivity index (χ3v) is 0. The van der Waals surface area contributed by atoms with Gasteiger partial charge >= 0.3 is 32.7 Å². The molecule has 6 heteroatoms. The first-order valence-corrected chi connectivity index (χ1v) is 2.24. The zero-order chi connectivity index (χ0) is 4.50. The molecule has 0 aliphatic heterocycles. The molecule has 0 fully saturated rings. The fraction of sp³-hybridized carbons (Fsp3) is 0. The third kappa shape index (κ3) is 62.8. The molecular formula is HO4PY. The van der Waals surface area contributed by atoms with Crippen LogP contribution in [0.5, 0.6) is 0 Å². The van der Waals surface area contributed by atoms with Gasteiger partial charge in [0.25, 0.3) is 0 Å². The van der Waals surface area contributed by atoms with Gasteiger partial charge in [-0.05, 0) is 0 Å². The van der Waals surface area contributed by atoms with E-state index in [2.05, 4.69) is 0 Å². The normalized spacial score (nSPS) is 9.83. The molecule has 0 unspecified atom stereocenters. The van der Waals surface area contributed by atoms with E-state index in [4.69, 9.17) is 19.2 Å². The van der Waals surface area contributed by atoms with Crippen molar-refractivity contribution in [2.24, 2.45) is 0 Å². The van der Waals surface area contributed by atoms with Gasteiger partial charge in [0.1, 0.15) is 0 Å². The van der Waals surface area contributed by atoms with E-state index in [1.807, 2.05) is 0 Å². The molecule has 0 heterocycles. The van der Waals surface area contributed by atoms with Gasteiger partial charge in [-0.3, -0.25) is 0 Å². The Balaban J connectivity index is 0. The van der Waals surface area contributed by atoms with Gasteiger partial charge in [-0.2, -0.15) is 0 Å². The molecule has 33 valence electrons. The fourth-order valence-electron chi connectivity index (χ4n) is 0. The predicted octanol–water partition coefficient (Wildman–Crippen LogP) is -2.20. The molecule has 0 aliphatic rings. The predicted molar refractivity (Wildman–Crippen MR) is 9.83 cm³/mol. The van der Waals surface area contributed by atoms with Crippen molar-refractivity contribution in [3.63, 3.8) is 0 Å². The van der Waals surface area contributed by atoms with Crippen LogP contribution in [0.15, 0.2) is 0 Å². The van der Waals surface area contributed by atoms with Gasteiger partial charge in [-0.1, -0.05) is 0 Å². The molecule has 4 nitrogen and oxygen atoms in total. The minimum atomic E-state index is -5.14. The largest absolute Gasteiger partial charge is 2.00 e. The van der Waals surface area contributed by atoms with Gasteiger partial charge < -0.3 is 19.2 Å². The molecule has 0 atom stereocenters. The van der Waals surface area contributed by atoms with Crippen LogP contribution in [0.2, 0.25) is 0 Å². The summed E-state index contributed by atoms with van der Waals surface area (Å²) in [5.74, 6) is 0. The van der Waals surface area contributed by atoms with Crippen LogP contribution < -0.4 is 9.79 Å². The number of hydrogen-bond donors (Lipinski definition) is 1. The fourth-order valence-corrected chi connectivity index (χ4v) is 0. The molecule has 6 heavy (non-hydrogen) atoms. The maximum absolute atomic E-state index is 8.66. The molecule has 0 amide bonds. The Morgan fingerprint density at radius 2 is 1.50 bits per heavy atom. The van der Waals surface area contributed by atoms with Crippen LogP contribution in [0.4, 0.5) is 0 Å². The van der Waals surface area contributed by atoms with Crippen molar-refractivity contribution in [3.8, 4) is 0 Å². The number of phosphoric acid groups is 1. The summed E-state index contributed by atoms with van der Waals surface area (Å²) in [6.45, 7) is 0. The number of hydrogen-bond acceptors (Lipinski definition) is 3. The van der Waals surface area contributed by atoms with Gasteiger partial charge in [0.15, 0.2) is 0 Å². The Morgan fingerprint density at radius 3 is 1.50 bits per heavy atom. The summed E-state index contributed by atoms with van der Waals surface area (Å²) in [6.07, 6.45) is 0. The maximum Gasteiger partial charge on any atom is 2.00 e. The smallest absolute Gasteiger partial charge is 0.790 e. The standard InChI is InChI=1S/H3O4P.Y/c1-5(2,3)4;/h(H3,1,2,3,4);/q;+2/p-2. The van der Waals surface area contributed by atoms with Crippen LogP contribution in [-0.4, -0.2) is 4.89 Å². The zero-order valence-electron chi connectivity index (χ0n) is 2.70. The van der Waals surface area contributed by atoms with Crippen LogP contribution >= 0.6 is 7.82 Å². The van der Waals surface area contributed by atoms with Crippen molar-refractivity contribution in [2.45, 2.75) is 0 Å². The molecule has 0 aromatic heterocycles. The van der Waals surface area contributed by atoms with Crippen LogP contribution in [0.3, 0.4) is 0 Å². The van der Waals surface area contributed by atoms with E-state index in [0.29, 0.717) is 0 Å². The summed E-state index contributed by atoms with van der Waals surface area (Å²) in [5, 5.41) is 0. The van der Waals surface area contributed by atoms with Gasteiger partial charge in [0, 0.05) is 0 Å². The first-order chi connectivity index (χ1) is 2.00. The average Bonchev–Trinajstić information content (AvgIpc) is 0.722. The molecule has 0 aromatic carbocycles. The SMILES string of the molecule is O=P([O-])([O-])O.[Y+2]. The second-order valence-electron chi connectivity index (χ2n) is 0.469. The minimum Gasteiger partial charge on any atom is -0.790 e. The van der Waals surface area contributed by atoms with Gasteiger partial charge in [-0.15, -0.1) is 0 Å². The second kappa shape index (κ2) is 3.25. The van der Waals surface area contributed by atoms with E-state index in [9.17, 15) is 0 Å². The summed E-state index contributed by atoms with van der Waals surface area (Å²) in [6, 6.07) is 0. The van der Waals surface area contributed by atoms with E-state index in [0.717, 1.165) is 0 Å². The van der Waals surface area contributed by atoms with Crippen molar-refractivity contribution in [1.29, 1.82) is 0 Å². The summed E-state index contributed by atoms with van der Waals surface area (Å²) in [5.41, 5.74) is 0. The van der Waals surface area contributed by atoms with Crippen molar-refractivity contribution in [2.75, 3.05) is 0 Å². The van der Waals surface area contributed by atoms with Crippen LogP contribution in [0.25, 0.3) is 0 Å². The quantitative estimate of drug-likeness (QED) is 0.434. The maximum atomic E-state index is 8.66. The molecule has 0 aliphatic carbocycles. The zero-order valence-corrected chi connectivity index (χ0v) is 6.43. The van der Waals surface area contributed by atoms with E-state index >= 15 is 0 Å². The summed E-state index contributed by atoms with van der Waals surface area (Å²) >= 11 is 0. The number of rotatable bonds is 0. The summed E-state index contributed by atoms with van der Waals surface area (Å²) in [4.78, 5) is 24.3. The average molecular weight is 185 g/mol. The Bertz CT molecular complexity index is 53.7. The van der Waals surface area contributed by atoms with Crippen LogP contribution in [0.1, 0.15) is 0 Å². The van der Waals surface area contributed by atoms with Gasteiger partial charge in [0.05, 0.1) is 7.82 Å². The first-order valence-electron chi connectivity index (χ1n) is 0.748. The Kier molecular flexibility index (Phi) is 5.54. The Hall–Kier alpha value is 1.21. The monoisotopic (exact) mass is 185 g/mol. The van der Waals surface area contributed by atoms with Crippen molar-refractivity contribution < 1.29 is 52.0 Å². The van der Waals surface area contributed by atoms with E-state index in [1.165, 1.54) is 0 Å². The molecule has 1 N–H and O–H groups in total. The molecule has 0 aromatic rings. The summed E-state index contributed by atoms with van der Waals surface area (Å²) < 4.78 is 8.66. The minimum absolute atomic E-state index is 0. The van der Waals surface area contributed by atoms with E-state index in [1.54, 1.807) is 0 Å². The first kappa shape index (κ1) is 10.2. The third-order valence-electron chi connectivity index (χ3n) is 0. The second-order valence-corrected chi connectivity index (χ2v) is 1.41. The Morgan fingerprint density at radius 1 is 1.50 bits per heavy atom. The molecule has 1 radical (unpaired) electrons. The molecule has 0 spiro atoms. The van der Waals surface area contributed by atoms with Crippen molar-refractivity contribution >= 4 is 7.82 Å². The topological polar surface area (TPSA) is 83.4 Å². The molecule has 0 saturated heterocycles. The van der Waals surface area contributed by atoms with E-state index in [-0.39, 0.29) is 32.7 Å². The van der Waals surface area contributed by atoms with Crippen molar-refractivity contribution in [1.82, 2.24) is 0 Å². The summed E-state index contributed by atoms with van der Waals surface area (Å²) in [7, 11) is -5.14. The van der Waals surface area contributed by atoms with Crippen molar-refractivity contribution in [3.05, 3.63) is 0 Å². The van der Waals surface area contributed by atoms with Crippen LogP contribution in [0, 0.1) is 0 Å². The molecular weight excluding hydrogens is 184 g/mol. The molecule has 0 bridgehead atoms. The van der Waals surface area contributed by atoms with Gasteiger partial charge in [0.2, 0.25) is 0 Å². The van der Waals surface area contributed by atoms with Gasteiger partial charge in [-0.25, -0.2) is 0 Å². The van der Waals surface area contributed by atoms with E-state index < -0.39 is 7.82 Å². The molecule has 0 rings (SSSR count). The Labute approximate surface area is 59.7 Å².